The van der Waals surface area contributed by atoms with Crippen LogP contribution in [-0.2, 0) is 20.1 Å². The van der Waals surface area contributed by atoms with Crippen LogP contribution in [0.15, 0.2) is 187 Å². The number of benzene rings is 6. The van der Waals surface area contributed by atoms with Gasteiger partial charge in [-0.25, -0.2) is 0 Å². The summed E-state index contributed by atoms with van der Waals surface area (Å²) in [4.78, 5) is 8.70. The van der Waals surface area contributed by atoms with Crippen LogP contribution >= 0.6 is 0 Å². The van der Waals surface area contributed by atoms with Gasteiger partial charge < -0.3 is 14.4 Å². The number of para-hydroxylation sites is 2. The fourth-order valence-electron chi connectivity index (χ4n) is 6.11. The predicted octanol–water partition coefficient (Wildman–Crippen LogP) is 12.0. The Bertz CT molecular complexity index is 2460. The van der Waals surface area contributed by atoms with Crippen LogP contribution in [0, 0.1) is 12.1 Å². The molecular weight excluding hydrogens is 789 g/mol. The van der Waals surface area contributed by atoms with Gasteiger partial charge in [-0.3, -0.25) is 0 Å². The molecule has 0 unspecified atom stereocenters. The van der Waals surface area contributed by atoms with Gasteiger partial charge in [0.15, 0.2) is 0 Å². The summed E-state index contributed by atoms with van der Waals surface area (Å²) in [6.45, 7) is 0. The molecule has 3 heterocycles. The molecule has 0 fully saturated rings. The van der Waals surface area contributed by atoms with Crippen molar-refractivity contribution in [2.45, 2.75) is 0 Å². The summed E-state index contributed by atoms with van der Waals surface area (Å²) in [6.07, 6.45) is 3.60. The smallest absolute Gasteiger partial charge is 0.143 e. The Kier molecular flexibility index (Phi) is 9.84. The molecule has 0 saturated carbocycles. The van der Waals surface area contributed by atoms with Crippen LogP contribution in [-0.4, -0.2) is 9.97 Å². The van der Waals surface area contributed by atoms with Crippen LogP contribution in [0.25, 0.3) is 77.8 Å². The molecule has 241 valence electrons. The standard InChI is InChI=1S/C35H22NO.C11H8N.Ir/c1-2-19-34-31(15-1)32-17-8-16-30(35(32)37-34)28-13-6-11-26(22-28)24-9-5-10-25(21-24)27-12-7-14-29(23-27)33-18-3-4-20-36-33;1-2-6-10(7-3-1)11-8-4-5-9-12-11;/h1-13,15-23H;1-6,8-9H;/q2*-1;. The third-order valence-electron chi connectivity index (χ3n) is 8.50. The Hall–Kier alpha value is -5.93. The maximum atomic E-state index is 6.30. The second kappa shape index (κ2) is 15.1. The van der Waals surface area contributed by atoms with E-state index in [-0.39, 0.29) is 20.1 Å². The summed E-state index contributed by atoms with van der Waals surface area (Å²) in [7, 11) is 0. The van der Waals surface area contributed by atoms with Crippen LogP contribution < -0.4 is 0 Å². The number of rotatable bonds is 5. The van der Waals surface area contributed by atoms with Gasteiger partial charge in [0.05, 0.1) is 0 Å². The molecule has 9 rings (SSSR count). The number of hydrogen-bond donors (Lipinski definition) is 0. The zero-order valence-corrected chi connectivity index (χ0v) is 29.4. The molecule has 4 heteroatoms. The van der Waals surface area contributed by atoms with Gasteiger partial charge in [-0.15, -0.1) is 71.3 Å². The second-order valence-corrected chi connectivity index (χ2v) is 11.6. The van der Waals surface area contributed by atoms with Gasteiger partial charge in [0.25, 0.3) is 0 Å². The summed E-state index contributed by atoms with van der Waals surface area (Å²) in [5.74, 6) is 0. The van der Waals surface area contributed by atoms with Gasteiger partial charge in [-0.05, 0) is 64.0 Å². The van der Waals surface area contributed by atoms with E-state index in [4.69, 9.17) is 4.42 Å². The number of aromatic nitrogens is 2. The van der Waals surface area contributed by atoms with Crippen LogP contribution in [0.1, 0.15) is 0 Å². The second-order valence-electron chi connectivity index (χ2n) is 11.6. The van der Waals surface area contributed by atoms with Gasteiger partial charge in [0, 0.05) is 48.8 Å². The SMILES string of the molecule is [Ir].[c-]1ccc(-c2cccc(-c3cccc(-c4cccc5c4oc4ccccc45)c3)c2)cc1-c1ccccn1.[c-]1ccccc1-c1ccccn1. The maximum Gasteiger partial charge on any atom is 0.143 e. The summed E-state index contributed by atoms with van der Waals surface area (Å²) in [6, 6.07) is 64.3. The minimum absolute atomic E-state index is 0. The first-order chi connectivity index (χ1) is 24.3. The van der Waals surface area contributed by atoms with Crippen molar-refractivity contribution in [2.75, 3.05) is 0 Å². The molecule has 0 saturated heterocycles. The number of nitrogens with zero attached hydrogens (tertiary/aromatic N) is 2. The van der Waals surface area contributed by atoms with E-state index in [1.165, 1.54) is 11.1 Å². The van der Waals surface area contributed by atoms with Crippen LogP contribution in [0.4, 0.5) is 0 Å². The van der Waals surface area contributed by atoms with Crippen molar-refractivity contribution in [1.29, 1.82) is 0 Å². The predicted molar refractivity (Wildman–Crippen MR) is 201 cm³/mol. The van der Waals surface area contributed by atoms with Gasteiger partial charge in [-0.1, -0.05) is 97.1 Å². The van der Waals surface area contributed by atoms with Crippen molar-refractivity contribution >= 4 is 21.9 Å². The molecule has 9 aromatic rings. The van der Waals surface area contributed by atoms with Crippen molar-refractivity contribution in [3.63, 3.8) is 0 Å². The summed E-state index contributed by atoms with van der Waals surface area (Å²) < 4.78 is 6.30. The number of fused-ring (bicyclic) bond motifs is 3. The van der Waals surface area contributed by atoms with E-state index in [1.54, 1.807) is 6.20 Å². The van der Waals surface area contributed by atoms with E-state index >= 15 is 0 Å². The van der Waals surface area contributed by atoms with Crippen molar-refractivity contribution in [2.24, 2.45) is 0 Å². The maximum absolute atomic E-state index is 6.30. The Morgan fingerprint density at radius 1 is 0.420 bits per heavy atom. The first kappa shape index (κ1) is 32.6. The third-order valence-corrected chi connectivity index (χ3v) is 8.50. The Balaban J connectivity index is 0.000000255. The molecule has 50 heavy (non-hydrogen) atoms. The zero-order valence-electron chi connectivity index (χ0n) is 27.0. The van der Waals surface area contributed by atoms with E-state index in [0.29, 0.717) is 0 Å². The number of pyridine rings is 2. The van der Waals surface area contributed by atoms with E-state index < -0.39 is 0 Å². The van der Waals surface area contributed by atoms with Crippen molar-refractivity contribution in [3.05, 3.63) is 194 Å². The first-order valence-electron chi connectivity index (χ1n) is 16.2. The molecule has 3 nitrogen and oxygen atoms in total. The summed E-state index contributed by atoms with van der Waals surface area (Å²) in [5, 5.41) is 2.29. The monoisotopic (exact) mass is 819 g/mol. The molecule has 1 radical (unpaired) electrons. The van der Waals surface area contributed by atoms with E-state index in [1.807, 2.05) is 85.1 Å². The molecule has 0 N–H and O–H groups in total. The number of furan rings is 1. The average Bonchev–Trinajstić information content (AvgIpc) is 3.58. The Morgan fingerprint density at radius 2 is 1.00 bits per heavy atom. The number of hydrogen-bond acceptors (Lipinski definition) is 3. The quantitative estimate of drug-likeness (QED) is 0.162. The first-order valence-corrected chi connectivity index (χ1v) is 16.2. The molecule has 0 aliphatic carbocycles. The topological polar surface area (TPSA) is 38.9 Å². The molecule has 3 aromatic heterocycles. The van der Waals surface area contributed by atoms with E-state index in [2.05, 4.69) is 113 Å². The fraction of sp³-hybridized carbons (Fsp3) is 0. The molecule has 0 atom stereocenters. The van der Waals surface area contributed by atoms with Crippen LogP contribution in [0.5, 0.6) is 0 Å². The van der Waals surface area contributed by atoms with Gasteiger partial charge in [0.1, 0.15) is 11.2 Å². The minimum atomic E-state index is 0. The summed E-state index contributed by atoms with van der Waals surface area (Å²) >= 11 is 0. The normalized spacial score (nSPS) is 10.6. The zero-order chi connectivity index (χ0) is 32.8. The van der Waals surface area contributed by atoms with Crippen LogP contribution in [0.3, 0.4) is 0 Å². The van der Waals surface area contributed by atoms with Crippen LogP contribution in [0.2, 0.25) is 0 Å². The third kappa shape index (κ3) is 6.95. The van der Waals surface area contributed by atoms with Gasteiger partial charge >= 0.3 is 0 Å². The van der Waals surface area contributed by atoms with Crippen molar-refractivity contribution < 1.29 is 24.5 Å². The molecule has 0 spiro atoms. The van der Waals surface area contributed by atoms with E-state index in [0.717, 1.165) is 66.7 Å². The Labute approximate surface area is 305 Å². The molecule has 0 aliphatic rings. The fourth-order valence-corrected chi connectivity index (χ4v) is 6.11. The van der Waals surface area contributed by atoms with Gasteiger partial charge in [0.2, 0.25) is 0 Å². The van der Waals surface area contributed by atoms with Crippen molar-refractivity contribution in [3.8, 4) is 55.9 Å². The largest absolute Gasteiger partial charge is 0.455 e. The molecule has 6 aromatic carbocycles. The van der Waals surface area contributed by atoms with E-state index in [9.17, 15) is 0 Å². The average molecular weight is 819 g/mol. The minimum Gasteiger partial charge on any atom is -0.455 e. The van der Waals surface area contributed by atoms with Gasteiger partial charge in [-0.2, -0.15) is 0 Å². The molecular formula is C46H30IrN2O-2. The molecule has 0 aliphatic heterocycles. The molecule has 0 bridgehead atoms. The summed E-state index contributed by atoms with van der Waals surface area (Å²) in [5.41, 5.74) is 12.6. The Morgan fingerprint density at radius 3 is 1.70 bits per heavy atom. The molecule has 0 amide bonds. The van der Waals surface area contributed by atoms with Crippen molar-refractivity contribution in [1.82, 2.24) is 9.97 Å².